The highest BCUT2D eigenvalue weighted by Crippen LogP contribution is 2.22. The molecule has 0 atom stereocenters. The first-order chi connectivity index (χ1) is 9.83. The van der Waals surface area contributed by atoms with Crippen molar-refractivity contribution in [2.75, 3.05) is 19.8 Å². The van der Waals surface area contributed by atoms with E-state index in [-0.39, 0.29) is 0 Å². The van der Waals surface area contributed by atoms with E-state index < -0.39 is 0 Å². The number of nitrogens with zero attached hydrogens (tertiary/aromatic N) is 1. The van der Waals surface area contributed by atoms with Crippen LogP contribution < -0.4 is 4.74 Å². The fourth-order valence-corrected chi connectivity index (χ4v) is 1.84. The Labute approximate surface area is 119 Å². The fraction of sp³-hybridized carbons (Fsp3) is 0.235. The maximum absolute atomic E-state index is 8.78. The number of benzene rings is 2. The summed E-state index contributed by atoms with van der Waals surface area (Å²) in [5.41, 5.74) is 2.86. The van der Waals surface area contributed by atoms with Crippen molar-refractivity contribution in [1.29, 1.82) is 5.26 Å². The molecule has 3 heteroatoms. The molecular weight excluding hydrogens is 250 g/mol. The van der Waals surface area contributed by atoms with Crippen molar-refractivity contribution in [2.45, 2.75) is 6.92 Å². The van der Waals surface area contributed by atoms with Crippen LogP contribution >= 0.6 is 0 Å². The van der Waals surface area contributed by atoms with E-state index in [0.717, 1.165) is 16.9 Å². The van der Waals surface area contributed by atoms with Gasteiger partial charge in [-0.25, -0.2) is 0 Å². The molecule has 2 rings (SSSR count). The molecule has 0 radical (unpaired) electrons. The van der Waals surface area contributed by atoms with Gasteiger partial charge in [0.05, 0.1) is 18.2 Å². The maximum atomic E-state index is 8.78. The molecule has 0 aliphatic heterocycles. The Bertz CT molecular complexity index is 567. The number of nitriles is 1. The Morgan fingerprint density at radius 1 is 0.900 bits per heavy atom. The van der Waals surface area contributed by atoms with Crippen LogP contribution in [0.1, 0.15) is 12.5 Å². The molecule has 0 heterocycles. The van der Waals surface area contributed by atoms with Gasteiger partial charge in [-0.1, -0.05) is 24.3 Å². The van der Waals surface area contributed by atoms with Crippen molar-refractivity contribution in [3.63, 3.8) is 0 Å². The van der Waals surface area contributed by atoms with Gasteiger partial charge in [0.15, 0.2) is 0 Å². The van der Waals surface area contributed by atoms with Crippen LogP contribution in [-0.4, -0.2) is 19.8 Å². The van der Waals surface area contributed by atoms with Gasteiger partial charge in [0, 0.05) is 6.61 Å². The highest BCUT2D eigenvalue weighted by atomic mass is 16.5. The van der Waals surface area contributed by atoms with Gasteiger partial charge in [-0.2, -0.15) is 5.26 Å². The van der Waals surface area contributed by atoms with E-state index in [4.69, 9.17) is 14.7 Å². The summed E-state index contributed by atoms with van der Waals surface area (Å²) in [6.07, 6.45) is 0. The monoisotopic (exact) mass is 267 g/mol. The lowest BCUT2D eigenvalue weighted by molar-refractivity contribution is 0.110. The van der Waals surface area contributed by atoms with Crippen molar-refractivity contribution < 1.29 is 9.47 Å². The summed E-state index contributed by atoms with van der Waals surface area (Å²) in [7, 11) is 0. The molecule has 102 valence electrons. The second-order valence-corrected chi connectivity index (χ2v) is 4.26. The van der Waals surface area contributed by atoms with Gasteiger partial charge < -0.3 is 9.47 Å². The Balaban J connectivity index is 1.98. The Hall–Kier alpha value is -2.31. The normalized spacial score (nSPS) is 10.0. The van der Waals surface area contributed by atoms with Crippen LogP contribution in [0.5, 0.6) is 5.75 Å². The second-order valence-electron chi connectivity index (χ2n) is 4.26. The first-order valence-corrected chi connectivity index (χ1v) is 6.64. The molecule has 20 heavy (non-hydrogen) atoms. The van der Waals surface area contributed by atoms with E-state index in [9.17, 15) is 0 Å². The summed E-state index contributed by atoms with van der Waals surface area (Å²) in [5, 5.41) is 8.78. The second kappa shape index (κ2) is 7.32. The number of hydrogen-bond donors (Lipinski definition) is 0. The van der Waals surface area contributed by atoms with Crippen molar-refractivity contribution in [3.8, 4) is 22.9 Å². The third-order valence-corrected chi connectivity index (χ3v) is 2.90. The lowest BCUT2D eigenvalue weighted by atomic mass is 10.0. The summed E-state index contributed by atoms with van der Waals surface area (Å²) < 4.78 is 10.8. The van der Waals surface area contributed by atoms with Gasteiger partial charge in [0.25, 0.3) is 0 Å². The Kier molecular flexibility index (Phi) is 5.16. The molecule has 0 bridgehead atoms. The zero-order valence-electron chi connectivity index (χ0n) is 11.5. The molecule has 3 nitrogen and oxygen atoms in total. The summed E-state index contributed by atoms with van der Waals surface area (Å²) in [4.78, 5) is 0. The molecule has 0 amide bonds. The van der Waals surface area contributed by atoms with Gasteiger partial charge >= 0.3 is 0 Å². The average molecular weight is 267 g/mol. The van der Waals surface area contributed by atoms with Crippen molar-refractivity contribution in [2.24, 2.45) is 0 Å². The molecular formula is C17H17NO2. The van der Waals surface area contributed by atoms with Crippen LogP contribution in [0.15, 0.2) is 48.5 Å². The highest BCUT2D eigenvalue weighted by Gasteiger charge is 1.99. The minimum Gasteiger partial charge on any atom is -0.491 e. The van der Waals surface area contributed by atoms with E-state index in [0.29, 0.717) is 25.4 Å². The number of rotatable bonds is 6. The molecule has 0 aliphatic rings. The number of hydrogen-bond acceptors (Lipinski definition) is 3. The predicted octanol–water partition coefficient (Wildman–Crippen LogP) is 3.64. The molecule has 0 saturated carbocycles. The summed E-state index contributed by atoms with van der Waals surface area (Å²) in [5.74, 6) is 0.835. The highest BCUT2D eigenvalue weighted by molar-refractivity contribution is 5.64. The molecule has 0 fully saturated rings. The first kappa shape index (κ1) is 14.1. The van der Waals surface area contributed by atoms with E-state index in [1.165, 1.54) is 0 Å². The number of ether oxygens (including phenoxy) is 2. The third-order valence-electron chi connectivity index (χ3n) is 2.90. The molecule has 2 aromatic carbocycles. The quantitative estimate of drug-likeness (QED) is 0.750. The first-order valence-electron chi connectivity index (χ1n) is 6.64. The molecule has 0 spiro atoms. The third kappa shape index (κ3) is 3.84. The van der Waals surface area contributed by atoms with Crippen molar-refractivity contribution in [3.05, 3.63) is 54.1 Å². The van der Waals surface area contributed by atoms with Gasteiger partial charge in [-0.3, -0.25) is 0 Å². The molecule has 2 aromatic rings. The molecule has 0 aromatic heterocycles. The van der Waals surface area contributed by atoms with Gasteiger partial charge in [-0.15, -0.1) is 0 Å². The van der Waals surface area contributed by atoms with Crippen molar-refractivity contribution >= 4 is 0 Å². The Morgan fingerprint density at radius 2 is 1.50 bits per heavy atom. The summed E-state index contributed by atoms with van der Waals surface area (Å²) in [6, 6.07) is 17.6. The van der Waals surface area contributed by atoms with E-state index in [1.807, 2.05) is 55.5 Å². The maximum Gasteiger partial charge on any atom is 0.119 e. The average Bonchev–Trinajstić information content (AvgIpc) is 2.52. The molecule has 0 unspecified atom stereocenters. The van der Waals surface area contributed by atoms with Crippen LogP contribution in [0.25, 0.3) is 11.1 Å². The van der Waals surface area contributed by atoms with Crippen LogP contribution in [0.4, 0.5) is 0 Å². The van der Waals surface area contributed by atoms with E-state index >= 15 is 0 Å². The largest absolute Gasteiger partial charge is 0.491 e. The van der Waals surface area contributed by atoms with Crippen molar-refractivity contribution in [1.82, 2.24) is 0 Å². The minimum atomic E-state index is 0.560. The van der Waals surface area contributed by atoms with Gasteiger partial charge in [-0.05, 0) is 42.3 Å². The van der Waals surface area contributed by atoms with Crippen LogP contribution in [0.3, 0.4) is 0 Å². The summed E-state index contributed by atoms with van der Waals surface area (Å²) in [6.45, 7) is 3.84. The van der Waals surface area contributed by atoms with Gasteiger partial charge in [0.1, 0.15) is 12.4 Å². The van der Waals surface area contributed by atoms with Crippen LogP contribution in [0, 0.1) is 11.3 Å². The predicted molar refractivity (Wildman–Crippen MR) is 78.6 cm³/mol. The molecule has 0 aliphatic carbocycles. The van der Waals surface area contributed by atoms with Gasteiger partial charge in [0.2, 0.25) is 0 Å². The SMILES string of the molecule is CCOCCOc1ccc(-c2ccc(C#N)cc2)cc1. The smallest absolute Gasteiger partial charge is 0.119 e. The zero-order chi connectivity index (χ0) is 14.2. The standard InChI is InChI=1S/C17H17NO2/c1-2-19-11-12-20-17-9-7-16(8-10-17)15-5-3-14(13-18)4-6-15/h3-10H,2,11-12H2,1H3. The van der Waals surface area contributed by atoms with E-state index in [1.54, 1.807) is 0 Å². The topological polar surface area (TPSA) is 42.2 Å². The fourth-order valence-electron chi connectivity index (χ4n) is 1.84. The summed E-state index contributed by atoms with van der Waals surface area (Å²) >= 11 is 0. The molecule has 0 saturated heterocycles. The minimum absolute atomic E-state index is 0.560. The Morgan fingerprint density at radius 3 is 2.05 bits per heavy atom. The lowest BCUT2D eigenvalue weighted by Crippen LogP contribution is -2.06. The van der Waals surface area contributed by atoms with Crippen LogP contribution in [0.2, 0.25) is 0 Å². The molecule has 0 N–H and O–H groups in total. The van der Waals surface area contributed by atoms with Crippen LogP contribution in [-0.2, 0) is 4.74 Å². The lowest BCUT2D eigenvalue weighted by Gasteiger charge is -2.07. The van der Waals surface area contributed by atoms with E-state index in [2.05, 4.69) is 6.07 Å². The zero-order valence-corrected chi connectivity index (χ0v) is 11.5.